The number of thiol groups is 1. The van der Waals surface area contributed by atoms with Crippen LogP contribution in [-0.2, 0) is 9.31 Å². The van der Waals surface area contributed by atoms with Gasteiger partial charge < -0.3 is 34.0 Å². The zero-order valence-corrected chi connectivity index (χ0v) is 59.1. The van der Waals surface area contributed by atoms with Gasteiger partial charge in [-0.1, -0.05) is 46.9 Å². The van der Waals surface area contributed by atoms with Gasteiger partial charge in [-0.2, -0.15) is 0 Å². The number of nitrogens with two attached hydrogens (primary N) is 1. The molecule has 3 aliphatic heterocycles. The number of amides is 3. The average molecular weight is 1600 g/mol. The van der Waals surface area contributed by atoms with E-state index in [0.717, 1.165) is 88.9 Å². The van der Waals surface area contributed by atoms with Gasteiger partial charge in [0.05, 0.1) is 26.1 Å². The van der Waals surface area contributed by atoms with E-state index in [-0.39, 0.29) is 33.3 Å². The molecule has 3 amide bonds. The fourth-order valence-electron chi connectivity index (χ4n) is 8.30. The SMILES string of the molecule is Cc1cc2c(cc1-c1cnc(NC(=O)c3c(F)cccc3F)s1)OC(F)(F)O2.Cc1cc2c(cc1B1OC(C)(C)C(C)(C)O1)OC(F)(F)O2.Nc1nccs1.O=C(Cl)c1c(F)cccc1F.O=C(Nc1ncc(Br)s1)c1c(F)cccc1F.O=C(Nc1nccs1)c1c(F)cccc1F.[B]=NS. The second-order valence-corrected chi connectivity index (χ2v) is 26.9. The summed E-state index contributed by atoms with van der Waals surface area (Å²) < 4.78 is 191. The molecular weight excluding hydrogens is 1560 g/mol. The van der Waals surface area contributed by atoms with Crippen molar-refractivity contribution in [3.63, 3.8) is 0 Å². The second kappa shape index (κ2) is 34.8. The van der Waals surface area contributed by atoms with E-state index < -0.39 is 123 Å². The number of anilines is 4. The number of halogens is 14. The first kappa shape index (κ1) is 80.4. The van der Waals surface area contributed by atoms with Crippen LogP contribution in [0.15, 0.2) is 141 Å². The number of carbonyl (C=O) groups is 4. The third-order valence-corrected chi connectivity index (χ3v) is 17.4. The molecule has 6 aromatic carbocycles. The summed E-state index contributed by atoms with van der Waals surface area (Å²) in [5, 5.41) is 10.6. The number of benzene rings is 6. The summed E-state index contributed by atoms with van der Waals surface area (Å²) in [6.07, 6.45) is -1.30. The number of nitrogens with one attached hydrogen (secondary N) is 3. The number of hydrogen-bond donors (Lipinski definition) is 5. The fraction of sp³-hybridized carbons (Fsp3) is 0.161. The van der Waals surface area contributed by atoms with Crippen LogP contribution in [0.4, 0.5) is 73.2 Å². The predicted octanol–water partition coefficient (Wildman–Crippen LogP) is 16.9. The number of carbonyl (C=O) groups excluding carboxylic acids is 4. The monoisotopic (exact) mass is 1600 g/mol. The third kappa shape index (κ3) is 21.3. The molecule has 102 heavy (non-hydrogen) atoms. The molecule has 1 radical (unpaired) electrons. The Morgan fingerprint density at radius 3 is 1.26 bits per heavy atom. The van der Waals surface area contributed by atoms with Crippen molar-refractivity contribution in [1.82, 2.24) is 19.9 Å². The second-order valence-electron chi connectivity index (χ2n) is 21.0. The Balaban J connectivity index is 0.000000178. The molecule has 40 heteroatoms. The zero-order chi connectivity index (χ0) is 75.2. The number of aryl methyl sites for hydroxylation is 2. The van der Waals surface area contributed by atoms with Crippen LogP contribution >= 0.6 is 85.7 Å². The first-order valence-electron chi connectivity index (χ1n) is 28.2. The first-order chi connectivity index (χ1) is 47.9. The molecule has 10 aromatic rings. The minimum atomic E-state index is -3.73. The van der Waals surface area contributed by atoms with Crippen LogP contribution in [0.25, 0.3) is 10.4 Å². The number of alkyl halides is 4. The van der Waals surface area contributed by atoms with Crippen molar-refractivity contribution in [1.29, 1.82) is 0 Å². The minimum absolute atomic E-state index is 0.00434. The predicted molar refractivity (Wildman–Crippen MR) is 367 cm³/mol. The number of nitrogens with zero attached hydrogens (tertiary/aromatic N) is 5. The normalized spacial score (nSPS) is 13.9. The van der Waals surface area contributed by atoms with Gasteiger partial charge in [0.2, 0.25) is 0 Å². The maximum atomic E-state index is 13.7. The van der Waals surface area contributed by atoms with E-state index in [2.05, 4.69) is 95.5 Å². The Kier molecular flexibility index (Phi) is 27.4. The Morgan fingerprint density at radius 2 is 0.912 bits per heavy atom. The van der Waals surface area contributed by atoms with E-state index in [0.29, 0.717) is 35.5 Å². The third-order valence-electron chi connectivity index (χ3n) is 13.6. The summed E-state index contributed by atoms with van der Waals surface area (Å²) in [6, 6.07) is 18.5. The molecule has 1 saturated heterocycles. The fourth-order valence-corrected chi connectivity index (χ4v) is 11.4. The van der Waals surface area contributed by atoms with Crippen molar-refractivity contribution in [2.75, 3.05) is 21.7 Å². The van der Waals surface area contributed by atoms with Gasteiger partial charge in [-0.15, -0.1) is 40.2 Å². The molecule has 0 aliphatic carbocycles. The molecule has 5 N–H and O–H groups in total. The van der Waals surface area contributed by atoms with Gasteiger partial charge in [0, 0.05) is 34.9 Å². The quantitative estimate of drug-likeness (QED) is 0.0390. The first-order valence-corrected chi connectivity index (χ1v) is 33.1. The van der Waals surface area contributed by atoms with E-state index >= 15 is 0 Å². The molecule has 3 aliphatic rings. The van der Waals surface area contributed by atoms with E-state index in [1.54, 1.807) is 25.4 Å². The van der Waals surface area contributed by atoms with Gasteiger partial charge in [-0.3, -0.25) is 35.1 Å². The van der Waals surface area contributed by atoms with Gasteiger partial charge in [-0.25, -0.2) is 55.1 Å². The molecule has 0 spiro atoms. The summed E-state index contributed by atoms with van der Waals surface area (Å²) in [5.74, 6) is -10.4. The van der Waals surface area contributed by atoms with Crippen LogP contribution in [0.2, 0.25) is 0 Å². The summed E-state index contributed by atoms with van der Waals surface area (Å²) >= 11 is 16.0. The molecule has 0 bridgehead atoms. The van der Waals surface area contributed by atoms with Crippen LogP contribution in [0.1, 0.15) is 80.3 Å². The van der Waals surface area contributed by atoms with Crippen molar-refractivity contribution in [3.8, 4) is 33.4 Å². The van der Waals surface area contributed by atoms with Crippen LogP contribution < -0.4 is 46.1 Å². The number of rotatable bonds is 9. The number of thiazole rings is 4. The van der Waals surface area contributed by atoms with Crippen molar-refractivity contribution in [3.05, 3.63) is 216 Å². The van der Waals surface area contributed by atoms with Crippen molar-refractivity contribution < 1.29 is 100 Å². The molecule has 13 rings (SSSR count). The zero-order valence-electron chi connectivity index (χ0n) is 52.6. The van der Waals surface area contributed by atoms with Crippen molar-refractivity contribution in [2.24, 2.45) is 4.30 Å². The Labute approximate surface area is 606 Å². The molecule has 19 nitrogen and oxygen atoms in total. The number of ether oxygens (including phenoxy) is 4. The number of hydrogen-bond acceptors (Lipinski definition) is 21. The maximum absolute atomic E-state index is 13.7. The van der Waals surface area contributed by atoms with Crippen LogP contribution in [0.5, 0.6) is 23.0 Å². The van der Waals surface area contributed by atoms with Crippen molar-refractivity contribution in [2.45, 2.75) is 65.3 Å². The molecule has 7 heterocycles. The number of nitrogen functional groups attached to an aromatic ring is 1. The summed E-state index contributed by atoms with van der Waals surface area (Å²) in [6.45, 7) is 11.2. The van der Waals surface area contributed by atoms with E-state index in [4.69, 9.17) is 26.6 Å². The summed E-state index contributed by atoms with van der Waals surface area (Å²) in [7, 11) is 3.71. The van der Waals surface area contributed by atoms with Crippen molar-refractivity contribution >= 4 is 149 Å². The summed E-state index contributed by atoms with van der Waals surface area (Å²) in [5.41, 5.74) is 4.12. The van der Waals surface area contributed by atoms with Gasteiger partial charge in [0.25, 0.3) is 23.0 Å². The number of aromatic nitrogens is 4. The van der Waals surface area contributed by atoms with Crippen LogP contribution in [0, 0.1) is 60.4 Å². The van der Waals surface area contributed by atoms with Gasteiger partial charge >= 0.3 is 44.5 Å². The molecule has 533 valence electrons. The standard InChI is InChI=1S/C18H10F4N2O3S.C14H17BF2O4.C10H5BrF2N2OS.C10H6F2N2OS.C7H3ClF2O.C3H4N2S.BHNS/c1-8-5-12-13(27-18(21,22)26-12)6-9(8)14-7-23-17(28-14)24-16(25)15-10(19)3-2-4-11(15)20;1-8-6-10-11(19-14(16,17)18-10)7-9(8)15-20-12(2,3)13(4,5)21-15;11-7-4-14-10(17-7)15-9(16)8-5(12)2-1-3-6(8)13;11-6-2-1-3-7(12)8(6)9(15)14-10-13-4-5-16-10;8-7(11)6-4(9)2-1-3-5(6)10;4-3-5-1-2-6-3;1-2-3/h2-7H,1H3,(H,23,24,25);6-7H,1-5H3;1-4H,(H,14,15,16);1-5H,(H,13,14,15);1-3H;1-2H,(H2,4,5);3H. The summed E-state index contributed by atoms with van der Waals surface area (Å²) in [4.78, 5) is 61.5. The van der Waals surface area contributed by atoms with Crippen LogP contribution in [0.3, 0.4) is 0 Å². The Morgan fingerprint density at radius 1 is 0.549 bits per heavy atom. The Hall–Kier alpha value is -8.95. The topological polar surface area (TPSA) is 250 Å². The molecule has 0 unspecified atom stereocenters. The van der Waals surface area contributed by atoms with E-state index in [9.17, 15) is 71.9 Å². The molecule has 0 saturated carbocycles. The molecule has 0 atom stereocenters. The average Bonchev–Trinajstić information content (AvgIpc) is 1.59. The van der Waals surface area contributed by atoms with Gasteiger partial charge in [-0.05, 0) is 158 Å². The molecule has 1 fully saturated rings. The van der Waals surface area contributed by atoms with E-state index in [1.165, 1.54) is 77.7 Å². The van der Waals surface area contributed by atoms with E-state index in [1.807, 2.05) is 33.1 Å². The van der Waals surface area contributed by atoms with Crippen LogP contribution in [-0.4, -0.2) is 81.4 Å². The molecular formula is C62H46B2BrClF12N9O10S5. The van der Waals surface area contributed by atoms with Gasteiger partial charge in [0.1, 0.15) is 68.8 Å². The van der Waals surface area contributed by atoms with Gasteiger partial charge in [0.15, 0.2) is 43.5 Å². The molecule has 4 aromatic heterocycles. The number of fused-ring (bicyclic) bond motifs is 2. The Bertz CT molecular complexity index is 4580.